The maximum absolute atomic E-state index is 13.6. The van der Waals surface area contributed by atoms with Crippen LogP contribution in [0.5, 0.6) is 5.75 Å². The molecule has 0 fully saturated rings. The number of ether oxygens (including phenoxy) is 2. The molecule has 0 aromatic heterocycles. The summed E-state index contributed by atoms with van der Waals surface area (Å²) >= 11 is 0. The summed E-state index contributed by atoms with van der Waals surface area (Å²) in [5, 5.41) is 8.92. The van der Waals surface area contributed by atoms with Gasteiger partial charge in [0.05, 0.1) is 0 Å². The van der Waals surface area contributed by atoms with Gasteiger partial charge >= 0.3 is 6.09 Å². The van der Waals surface area contributed by atoms with Crippen LogP contribution in [0.2, 0.25) is 0 Å². The molecule has 1 aromatic rings. The summed E-state index contributed by atoms with van der Waals surface area (Å²) in [5.74, 6) is 0.107. The van der Waals surface area contributed by atoms with Crippen molar-refractivity contribution in [2.45, 2.75) is 32.0 Å². The first-order valence-electron chi connectivity index (χ1n) is 6.07. The topological polar surface area (TPSA) is 81.8 Å². The molecule has 1 aliphatic heterocycles. The zero-order chi connectivity index (χ0) is 14.0. The molecule has 1 unspecified atom stereocenters. The quantitative estimate of drug-likeness (QED) is 0.871. The van der Waals surface area contributed by atoms with Gasteiger partial charge in [0, 0.05) is 30.6 Å². The predicted molar refractivity (Wildman–Crippen MR) is 65.3 cm³/mol. The highest BCUT2D eigenvalue weighted by Crippen LogP contribution is 2.38. The molecule has 0 aliphatic carbocycles. The van der Waals surface area contributed by atoms with Gasteiger partial charge in [-0.3, -0.25) is 0 Å². The number of fused-ring (bicyclic) bond motifs is 1. The molecule has 6 heteroatoms. The summed E-state index contributed by atoms with van der Waals surface area (Å²) < 4.78 is 24.1. The van der Waals surface area contributed by atoms with E-state index in [0.29, 0.717) is 29.7 Å². The number of carbonyl (C=O) groups is 1. The van der Waals surface area contributed by atoms with E-state index in [0.717, 1.165) is 0 Å². The Bertz CT molecular complexity index is 492. The van der Waals surface area contributed by atoms with Gasteiger partial charge in [-0.1, -0.05) is 0 Å². The maximum atomic E-state index is 13.6. The van der Waals surface area contributed by atoms with Crippen molar-refractivity contribution in [3.63, 3.8) is 0 Å². The first kappa shape index (κ1) is 13.6. The number of carbonyl (C=O) groups excluding carboxylic acids is 1. The molecular weight excluding hydrogens is 253 g/mol. The van der Waals surface area contributed by atoms with Gasteiger partial charge in [-0.05, 0) is 19.1 Å². The number of primary amides is 1. The van der Waals surface area contributed by atoms with E-state index in [-0.39, 0.29) is 12.7 Å². The number of aliphatic hydroxyl groups is 1. The van der Waals surface area contributed by atoms with Gasteiger partial charge < -0.3 is 20.3 Å². The first-order valence-corrected chi connectivity index (χ1v) is 6.07. The van der Waals surface area contributed by atoms with Crippen LogP contribution in [0.3, 0.4) is 0 Å². The van der Waals surface area contributed by atoms with E-state index in [1.54, 1.807) is 6.92 Å². The molecule has 0 saturated heterocycles. The summed E-state index contributed by atoms with van der Waals surface area (Å²) in [4.78, 5) is 10.8. The average molecular weight is 269 g/mol. The van der Waals surface area contributed by atoms with Crippen molar-refractivity contribution in [3.05, 3.63) is 29.1 Å². The normalized spacial score (nSPS) is 18.6. The van der Waals surface area contributed by atoms with Gasteiger partial charge in [0.2, 0.25) is 0 Å². The fraction of sp³-hybridized carbons (Fsp3) is 0.462. The third-order valence-electron chi connectivity index (χ3n) is 3.07. The summed E-state index contributed by atoms with van der Waals surface area (Å²) in [6.07, 6.45) is -0.781. The van der Waals surface area contributed by atoms with Crippen molar-refractivity contribution in [3.8, 4) is 5.75 Å². The SMILES string of the molecule is C[C@@H](OC(N)=O)c1cc(F)cc2c1OC(CCO)C2. The number of hydrogen-bond acceptors (Lipinski definition) is 4. The monoisotopic (exact) mass is 269 g/mol. The highest BCUT2D eigenvalue weighted by molar-refractivity contribution is 5.65. The summed E-state index contributed by atoms with van der Waals surface area (Å²) in [6, 6.07) is 2.67. The molecule has 0 bridgehead atoms. The van der Waals surface area contributed by atoms with Gasteiger partial charge in [-0.2, -0.15) is 0 Å². The van der Waals surface area contributed by atoms with Crippen LogP contribution < -0.4 is 10.5 Å². The summed E-state index contributed by atoms with van der Waals surface area (Å²) in [7, 11) is 0. The van der Waals surface area contributed by atoms with Gasteiger partial charge in [0.15, 0.2) is 0 Å². The largest absolute Gasteiger partial charge is 0.489 e. The van der Waals surface area contributed by atoms with Gasteiger partial charge in [-0.15, -0.1) is 0 Å². The molecule has 0 saturated carbocycles. The Balaban J connectivity index is 2.29. The second-order valence-electron chi connectivity index (χ2n) is 4.52. The van der Waals surface area contributed by atoms with E-state index in [9.17, 15) is 9.18 Å². The van der Waals surface area contributed by atoms with Crippen molar-refractivity contribution in [2.24, 2.45) is 5.73 Å². The molecular formula is C13H16FNO4. The Kier molecular flexibility index (Phi) is 3.90. The Morgan fingerprint density at radius 3 is 3.05 bits per heavy atom. The Morgan fingerprint density at radius 2 is 2.42 bits per heavy atom. The second-order valence-corrected chi connectivity index (χ2v) is 4.52. The minimum atomic E-state index is -0.921. The highest BCUT2D eigenvalue weighted by Gasteiger charge is 2.28. The first-order chi connectivity index (χ1) is 9.01. The van der Waals surface area contributed by atoms with Crippen molar-refractivity contribution < 1.29 is 23.8 Å². The molecule has 1 heterocycles. The summed E-state index contributed by atoms with van der Waals surface area (Å²) in [6.45, 7) is 1.60. The highest BCUT2D eigenvalue weighted by atomic mass is 19.1. The van der Waals surface area contributed by atoms with Crippen LogP contribution in [-0.2, 0) is 11.2 Å². The lowest BCUT2D eigenvalue weighted by atomic mass is 10.0. The molecule has 2 atom stereocenters. The molecule has 104 valence electrons. The van der Waals surface area contributed by atoms with Crippen LogP contribution in [0.1, 0.15) is 30.6 Å². The van der Waals surface area contributed by atoms with Crippen molar-refractivity contribution in [1.29, 1.82) is 0 Å². The smallest absolute Gasteiger partial charge is 0.405 e. The molecule has 2 rings (SSSR count). The Morgan fingerprint density at radius 1 is 1.68 bits per heavy atom. The summed E-state index contributed by atoms with van der Waals surface area (Å²) in [5.41, 5.74) is 6.13. The number of benzene rings is 1. The number of nitrogens with two attached hydrogens (primary N) is 1. The van der Waals surface area contributed by atoms with E-state index in [1.807, 2.05) is 0 Å². The lowest BCUT2D eigenvalue weighted by Gasteiger charge is -2.16. The lowest BCUT2D eigenvalue weighted by Crippen LogP contribution is -2.17. The minimum Gasteiger partial charge on any atom is -0.489 e. The van der Waals surface area contributed by atoms with Crippen molar-refractivity contribution in [2.75, 3.05) is 6.61 Å². The van der Waals surface area contributed by atoms with E-state index in [4.69, 9.17) is 20.3 Å². The lowest BCUT2D eigenvalue weighted by molar-refractivity contribution is 0.112. The van der Waals surface area contributed by atoms with Gasteiger partial charge in [0.1, 0.15) is 23.8 Å². The second kappa shape index (κ2) is 5.44. The van der Waals surface area contributed by atoms with E-state index in [2.05, 4.69) is 0 Å². The molecule has 0 spiro atoms. The fourth-order valence-electron chi connectivity index (χ4n) is 2.27. The fourth-order valence-corrected chi connectivity index (χ4v) is 2.27. The molecule has 1 aliphatic rings. The van der Waals surface area contributed by atoms with Crippen LogP contribution in [0.25, 0.3) is 0 Å². The number of halogens is 1. The Labute approximate surface area is 110 Å². The van der Waals surface area contributed by atoms with E-state index < -0.39 is 18.0 Å². The maximum Gasteiger partial charge on any atom is 0.405 e. The van der Waals surface area contributed by atoms with Gasteiger partial charge in [0.25, 0.3) is 0 Å². The van der Waals surface area contributed by atoms with E-state index >= 15 is 0 Å². The third-order valence-corrected chi connectivity index (χ3v) is 3.07. The number of hydrogen-bond donors (Lipinski definition) is 2. The predicted octanol–water partition coefficient (Wildman–Crippen LogP) is 1.67. The van der Waals surface area contributed by atoms with Crippen molar-refractivity contribution >= 4 is 6.09 Å². The van der Waals surface area contributed by atoms with Crippen molar-refractivity contribution in [1.82, 2.24) is 0 Å². The molecule has 1 amide bonds. The molecule has 0 radical (unpaired) electrons. The number of aliphatic hydroxyl groups excluding tert-OH is 1. The van der Waals surface area contributed by atoms with Crippen LogP contribution >= 0.6 is 0 Å². The molecule has 5 nitrogen and oxygen atoms in total. The molecule has 1 aromatic carbocycles. The van der Waals surface area contributed by atoms with Crippen LogP contribution in [0, 0.1) is 5.82 Å². The minimum absolute atomic E-state index is 0.00378. The number of rotatable bonds is 4. The average Bonchev–Trinajstić information content (AvgIpc) is 2.69. The van der Waals surface area contributed by atoms with Crippen LogP contribution in [0.15, 0.2) is 12.1 Å². The molecule has 19 heavy (non-hydrogen) atoms. The Hall–Kier alpha value is -1.82. The van der Waals surface area contributed by atoms with Crippen LogP contribution in [-0.4, -0.2) is 23.9 Å². The van der Waals surface area contributed by atoms with Gasteiger partial charge in [-0.25, -0.2) is 9.18 Å². The van der Waals surface area contributed by atoms with Crippen LogP contribution in [0.4, 0.5) is 9.18 Å². The zero-order valence-electron chi connectivity index (χ0n) is 10.6. The molecule has 3 N–H and O–H groups in total. The van der Waals surface area contributed by atoms with E-state index in [1.165, 1.54) is 12.1 Å². The standard InChI is InChI=1S/C13H16FNO4/c1-7(18-13(15)17)11-6-9(14)4-8-5-10(2-3-16)19-12(8)11/h4,6-7,10,16H,2-3,5H2,1H3,(H2,15,17)/t7-,10?/m1/s1. The third kappa shape index (κ3) is 2.96. The zero-order valence-corrected chi connectivity index (χ0v) is 10.6. The number of amides is 1.